The maximum Gasteiger partial charge on any atom is 0.0556 e. The summed E-state index contributed by atoms with van der Waals surface area (Å²) in [6.45, 7) is 2.12. The molecule has 4 aromatic rings. The lowest BCUT2D eigenvalue weighted by Gasteiger charge is -2.11. The SMILES string of the molecule is Cc1cccc(-n2c(-c3cccnc3)cc3ccccc32)c1. The van der Waals surface area contributed by atoms with Crippen LogP contribution >= 0.6 is 0 Å². The number of benzene rings is 2. The zero-order valence-corrected chi connectivity index (χ0v) is 12.4. The van der Waals surface area contributed by atoms with Crippen LogP contribution < -0.4 is 0 Å². The number of hydrogen-bond donors (Lipinski definition) is 0. The standard InChI is InChI=1S/C20H16N2/c1-15-6-4-9-18(12-15)22-19-10-3-2-7-16(19)13-20(22)17-8-5-11-21-14-17/h2-14H,1H3. The molecule has 0 aliphatic heterocycles. The van der Waals surface area contributed by atoms with Crippen molar-refractivity contribution in [1.29, 1.82) is 0 Å². The van der Waals surface area contributed by atoms with Crippen LogP contribution in [0.5, 0.6) is 0 Å². The van der Waals surface area contributed by atoms with Crippen molar-refractivity contribution in [3.8, 4) is 16.9 Å². The molecule has 0 atom stereocenters. The number of aryl methyl sites for hydroxylation is 1. The summed E-state index contributed by atoms with van der Waals surface area (Å²) in [5.74, 6) is 0. The van der Waals surface area contributed by atoms with Crippen molar-refractivity contribution in [3.05, 3.63) is 84.7 Å². The van der Waals surface area contributed by atoms with Crippen LogP contribution in [0.15, 0.2) is 79.1 Å². The number of nitrogens with zero attached hydrogens (tertiary/aromatic N) is 2. The highest BCUT2D eigenvalue weighted by Crippen LogP contribution is 2.31. The lowest BCUT2D eigenvalue weighted by Crippen LogP contribution is -1.97. The summed E-state index contributed by atoms with van der Waals surface area (Å²) in [7, 11) is 0. The van der Waals surface area contributed by atoms with E-state index in [1.807, 2.05) is 18.5 Å². The second kappa shape index (κ2) is 5.15. The fourth-order valence-corrected chi connectivity index (χ4v) is 2.93. The summed E-state index contributed by atoms with van der Waals surface area (Å²) in [4.78, 5) is 4.27. The second-order valence-corrected chi connectivity index (χ2v) is 5.50. The van der Waals surface area contributed by atoms with Crippen molar-refractivity contribution >= 4 is 10.9 Å². The molecule has 4 rings (SSSR count). The zero-order valence-electron chi connectivity index (χ0n) is 12.4. The molecule has 0 spiro atoms. The molecule has 0 N–H and O–H groups in total. The van der Waals surface area contributed by atoms with Gasteiger partial charge in [-0.25, -0.2) is 0 Å². The van der Waals surface area contributed by atoms with E-state index in [2.05, 4.69) is 77.1 Å². The van der Waals surface area contributed by atoms with E-state index in [0.29, 0.717) is 0 Å². The molecular formula is C20H16N2. The van der Waals surface area contributed by atoms with Crippen molar-refractivity contribution in [1.82, 2.24) is 9.55 Å². The quantitative estimate of drug-likeness (QED) is 0.506. The first kappa shape index (κ1) is 12.8. The van der Waals surface area contributed by atoms with E-state index in [4.69, 9.17) is 0 Å². The monoisotopic (exact) mass is 284 g/mol. The third-order valence-corrected chi connectivity index (χ3v) is 3.93. The highest BCUT2D eigenvalue weighted by atomic mass is 15.0. The Kier molecular flexibility index (Phi) is 3.01. The molecule has 0 saturated heterocycles. The highest BCUT2D eigenvalue weighted by molar-refractivity contribution is 5.89. The van der Waals surface area contributed by atoms with E-state index < -0.39 is 0 Å². The van der Waals surface area contributed by atoms with Crippen molar-refractivity contribution in [2.24, 2.45) is 0 Å². The first-order valence-corrected chi connectivity index (χ1v) is 7.41. The molecular weight excluding hydrogens is 268 g/mol. The molecule has 2 heterocycles. The van der Waals surface area contributed by atoms with Crippen LogP contribution in [0.25, 0.3) is 27.8 Å². The van der Waals surface area contributed by atoms with E-state index in [-0.39, 0.29) is 0 Å². The Balaban J connectivity index is 2.07. The Labute approximate surface area is 129 Å². The molecule has 0 fully saturated rings. The Morgan fingerprint density at radius 2 is 1.77 bits per heavy atom. The molecule has 106 valence electrons. The van der Waals surface area contributed by atoms with Gasteiger partial charge in [0.25, 0.3) is 0 Å². The largest absolute Gasteiger partial charge is 0.309 e. The highest BCUT2D eigenvalue weighted by Gasteiger charge is 2.12. The summed E-state index contributed by atoms with van der Waals surface area (Å²) >= 11 is 0. The first-order valence-electron chi connectivity index (χ1n) is 7.41. The predicted molar refractivity (Wildman–Crippen MR) is 91.2 cm³/mol. The van der Waals surface area contributed by atoms with Gasteiger partial charge in [-0.15, -0.1) is 0 Å². The molecule has 2 heteroatoms. The number of pyridine rings is 1. The van der Waals surface area contributed by atoms with Gasteiger partial charge in [-0.3, -0.25) is 4.98 Å². The summed E-state index contributed by atoms with van der Waals surface area (Å²) in [5.41, 5.74) is 5.94. The van der Waals surface area contributed by atoms with Crippen LogP contribution in [-0.2, 0) is 0 Å². The van der Waals surface area contributed by atoms with Gasteiger partial charge in [0, 0.05) is 29.0 Å². The van der Waals surface area contributed by atoms with E-state index >= 15 is 0 Å². The Hall–Kier alpha value is -2.87. The van der Waals surface area contributed by atoms with E-state index in [0.717, 1.165) is 5.56 Å². The third-order valence-electron chi connectivity index (χ3n) is 3.93. The van der Waals surface area contributed by atoms with Gasteiger partial charge in [0.05, 0.1) is 11.2 Å². The van der Waals surface area contributed by atoms with E-state index in [1.165, 1.54) is 27.8 Å². The van der Waals surface area contributed by atoms with Crippen LogP contribution in [0.2, 0.25) is 0 Å². The number of para-hydroxylation sites is 1. The van der Waals surface area contributed by atoms with Gasteiger partial charge < -0.3 is 4.57 Å². The number of rotatable bonds is 2. The van der Waals surface area contributed by atoms with E-state index in [1.54, 1.807) is 0 Å². The molecule has 2 aromatic heterocycles. The summed E-state index contributed by atoms with van der Waals surface area (Å²) < 4.78 is 2.30. The average Bonchev–Trinajstić information content (AvgIpc) is 2.95. The molecule has 0 aliphatic rings. The fourth-order valence-electron chi connectivity index (χ4n) is 2.93. The van der Waals surface area contributed by atoms with Crippen LogP contribution in [-0.4, -0.2) is 9.55 Å². The minimum Gasteiger partial charge on any atom is -0.309 e. The smallest absolute Gasteiger partial charge is 0.0556 e. The fraction of sp³-hybridized carbons (Fsp3) is 0.0500. The lowest BCUT2D eigenvalue weighted by molar-refractivity contribution is 1.12. The second-order valence-electron chi connectivity index (χ2n) is 5.50. The molecule has 2 aromatic carbocycles. The zero-order chi connectivity index (χ0) is 14.9. The minimum atomic E-state index is 1.13. The van der Waals surface area contributed by atoms with Crippen LogP contribution in [0.1, 0.15) is 5.56 Å². The molecule has 0 saturated carbocycles. The van der Waals surface area contributed by atoms with Gasteiger partial charge >= 0.3 is 0 Å². The summed E-state index contributed by atoms with van der Waals surface area (Å²) in [6.07, 6.45) is 3.73. The molecule has 0 bridgehead atoms. The van der Waals surface area contributed by atoms with Crippen molar-refractivity contribution < 1.29 is 0 Å². The van der Waals surface area contributed by atoms with Gasteiger partial charge in [-0.1, -0.05) is 30.3 Å². The maximum atomic E-state index is 4.27. The maximum absolute atomic E-state index is 4.27. The van der Waals surface area contributed by atoms with Gasteiger partial charge in [0.1, 0.15) is 0 Å². The summed E-state index contributed by atoms with van der Waals surface area (Å²) in [5, 5.41) is 1.24. The third kappa shape index (κ3) is 2.09. The molecule has 22 heavy (non-hydrogen) atoms. The number of fused-ring (bicyclic) bond motifs is 1. The first-order chi connectivity index (χ1) is 10.8. The van der Waals surface area contributed by atoms with Gasteiger partial charge in [0.15, 0.2) is 0 Å². The predicted octanol–water partition coefficient (Wildman–Crippen LogP) is 5.00. The summed E-state index contributed by atoms with van der Waals surface area (Å²) in [6, 6.07) is 23.4. The normalized spacial score (nSPS) is 11.0. The molecule has 0 unspecified atom stereocenters. The van der Waals surface area contributed by atoms with Gasteiger partial charge in [-0.2, -0.15) is 0 Å². The van der Waals surface area contributed by atoms with Crippen LogP contribution in [0, 0.1) is 6.92 Å². The minimum absolute atomic E-state index is 1.13. The number of aromatic nitrogens is 2. The lowest BCUT2D eigenvalue weighted by atomic mass is 10.2. The number of hydrogen-bond acceptors (Lipinski definition) is 1. The molecule has 0 amide bonds. The topological polar surface area (TPSA) is 17.8 Å². The van der Waals surface area contributed by atoms with Crippen molar-refractivity contribution in [2.75, 3.05) is 0 Å². The van der Waals surface area contributed by atoms with Gasteiger partial charge in [0.2, 0.25) is 0 Å². The van der Waals surface area contributed by atoms with Crippen LogP contribution in [0.3, 0.4) is 0 Å². The van der Waals surface area contributed by atoms with E-state index in [9.17, 15) is 0 Å². The Morgan fingerprint density at radius 1 is 0.864 bits per heavy atom. The van der Waals surface area contributed by atoms with Gasteiger partial charge in [-0.05, 0) is 48.9 Å². The Morgan fingerprint density at radius 3 is 2.59 bits per heavy atom. The molecule has 0 radical (unpaired) electrons. The van der Waals surface area contributed by atoms with Crippen molar-refractivity contribution in [2.45, 2.75) is 6.92 Å². The average molecular weight is 284 g/mol. The van der Waals surface area contributed by atoms with Crippen LogP contribution in [0.4, 0.5) is 0 Å². The molecule has 0 aliphatic carbocycles. The molecule has 2 nitrogen and oxygen atoms in total. The van der Waals surface area contributed by atoms with Crippen molar-refractivity contribution in [3.63, 3.8) is 0 Å². The Bertz CT molecular complexity index is 936.